The molecular formula is C17H15ClN4O2S. The van der Waals surface area contributed by atoms with Gasteiger partial charge in [-0.25, -0.2) is 18.4 Å². The van der Waals surface area contributed by atoms with E-state index >= 15 is 0 Å². The molecule has 0 aliphatic heterocycles. The van der Waals surface area contributed by atoms with E-state index < -0.39 is 10.0 Å². The zero-order chi connectivity index (χ0) is 17.9. The second-order valence-electron chi connectivity index (χ2n) is 5.32. The lowest BCUT2D eigenvalue weighted by molar-refractivity contribution is 0.601. The van der Waals surface area contributed by atoms with Gasteiger partial charge in [-0.15, -0.1) is 0 Å². The van der Waals surface area contributed by atoms with Crippen molar-refractivity contribution in [1.29, 1.82) is 0 Å². The van der Waals surface area contributed by atoms with Gasteiger partial charge in [0.05, 0.1) is 4.90 Å². The van der Waals surface area contributed by atoms with E-state index in [2.05, 4.69) is 20.0 Å². The summed E-state index contributed by atoms with van der Waals surface area (Å²) < 4.78 is 27.3. The molecule has 0 atom stereocenters. The molecule has 6 nitrogen and oxygen atoms in total. The molecule has 1 heterocycles. The van der Waals surface area contributed by atoms with Crippen LogP contribution in [-0.4, -0.2) is 18.4 Å². The predicted molar refractivity (Wildman–Crippen MR) is 98.8 cm³/mol. The average molecular weight is 375 g/mol. The zero-order valence-electron chi connectivity index (χ0n) is 13.3. The summed E-state index contributed by atoms with van der Waals surface area (Å²) in [6.07, 6.45) is 1.54. The van der Waals surface area contributed by atoms with Crippen molar-refractivity contribution in [2.75, 3.05) is 10.0 Å². The monoisotopic (exact) mass is 374 g/mol. The highest BCUT2D eigenvalue weighted by atomic mass is 35.5. The Kier molecular flexibility index (Phi) is 4.87. The zero-order valence-corrected chi connectivity index (χ0v) is 14.8. The lowest BCUT2D eigenvalue weighted by Crippen LogP contribution is -2.12. The number of halogens is 1. The van der Waals surface area contributed by atoms with E-state index in [1.54, 1.807) is 60.8 Å². The van der Waals surface area contributed by atoms with Gasteiger partial charge in [0.2, 0.25) is 5.95 Å². The Bertz CT molecular complexity index is 974. The Balaban J connectivity index is 1.73. The van der Waals surface area contributed by atoms with Crippen molar-refractivity contribution < 1.29 is 8.42 Å². The molecule has 0 bridgehead atoms. The fourth-order valence-corrected chi connectivity index (χ4v) is 3.27. The van der Waals surface area contributed by atoms with Crippen LogP contribution < -0.4 is 10.0 Å². The number of benzene rings is 2. The maximum Gasteiger partial charge on any atom is 0.261 e. The summed E-state index contributed by atoms with van der Waals surface area (Å²) in [6.45, 7) is 1.90. The van der Waals surface area contributed by atoms with Crippen molar-refractivity contribution in [3.8, 4) is 0 Å². The Labute approximate surface area is 151 Å². The molecule has 0 unspecified atom stereocenters. The summed E-state index contributed by atoms with van der Waals surface area (Å²) in [5.74, 6) is 0.362. The van der Waals surface area contributed by atoms with Crippen LogP contribution in [0.4, 0.5) is 17.3 Å². The number of nitrogens with zero attached hydrogens (tertiary/aromatic N) is 2. The average Bonchev–Trinajstić information content (AvgIpc) is 2.57. The molecule has 0 spiro atoms. The molecule has 8 heteroatoms. The quantitative estimate of drug-likeness (QED) is 0.660. The Morgan fingerprint density at radius 2 is 1.56 bits per heavy atom. The van der Waals surface area contributed by atoms with Crippen molar-refractivity contribution in [2.24, 2.45) is 0 Å². The molecule has 3 rings (SSSR count). The van der Waals surface area contributed by atoms with Crippen LogP contribution in [0.25, 0.3) is 0 Å². The second-order valence-corrected chi connectivity index (χ2v) is 7.39. The third-order valence-corrected chi connectivity index (χ3v) is 4.95. The van der Waals surface area contributed by atoms with Crippen LogP contribution in [0.15, 0.2) is 65.7 Å². The number of hydrogen-bond donors (Lipinski definition) is 2. The standard InChI is InChI=1S/C17H15ClN4O2S/c1-12-2-8-15(9-3-12)25(23,24)22-14-6-4-13(5-7-14)20-17-19-11-10-16(18)21-17/h2-11,22H,1H3,(H,19,20,21). The molecular weight excluding hydrogens is 360 g/mol. The third kappa shape index (κ3) is 4.46. The van der Waals surface area contributed by atoms with Gasteiger partial charge >= 0.3 is 0 Å². The molecule has 128 valence electrons. The molecule has 3 aromatic rings. The van der Waals surface area contributed by atoms with Crippen molar-refractivity contribution in [3.05, 3.63) is 71.5 Å². The molecule has 0 saturated heterocycles. The predicted octanol–water partition coefficient (Wildman–Crippen LogP) is 3.98. The molecule has 2 aromatic carbocycles. The Hall–Kier alpha value is -2.64. The highest BCUT2D eigenvalue weighted by Crippen LogP contribution is 2.20. The first-order valence-electron chi connectivity index (χ1n) is 7.37. The van der Waals surface area contributed by atoms with E-state index in [1.165, 1.54) is 0 Å². The van der Waals surface area contributed by atoms with Crippen LogP contribution in [0.2, 0.25) is 5.15 Å². The van der Waals surface area contributed by atoms with Crippen molar-refractivity contribution in [2.45, 2.75) is 11.8 Å². The van der Waals surface area contributed by atoms with E-state index in [1.807, 2.05) is 6.92 Å². The maximum absolute atomic E-state index is 12.4. The van der Waals surface area contributed by atoms with E-state index in [-0.39, 0.29) is 4.90 Å². The molecule has 0 amide bonds. The van der Waals surface area contributed by atoms with E-state index in [0.29, 0.717) is 22.5 Å². The van der Waals surface area contributed by atoms with E-state index in [0.717, 1.165) is 5.56 Å². The summed E-state index contributed by atoms with van der Waals surface area (Å²) in [5, 5.41) is 3.32. The molecule has 2 N–H and O–H groups in total. The second kappa shape index (κ2) is 7.08. The topological polar surface area (TPSA) is 84.0 Å². The fraction of sp³-hybridized carbons (Fsp3) is 0.0588. The maximum atomic E-state index is 12.4. The molecule has 0 saturated carbocycles. The molecule has 0 aliphatic carbocycles. The van der Waals surface area contributed by atoms with Gasteiger partial charge < -0.3 is 5.32 Å². The Morgan fingerprint density at radius 1 is 0.920 bits per heavy atom. The number of nitrogens with one attached hydrogen (secondary N) is 2. The molecule has 0 aliphatic rings. The minimum absolute atomic E-state index is 0.215. The lowest BCUT2D eigenvalue weighted by atomic mass is 10.2. The van der Waals surface area contributed by atoms with Crippen molar-refractivity contribution in [3.63, 3.8) is 0 Å². The molecule has 1 aromatic heterocycles. The summed E-state index contributed by atoms with van der Waals surface area (Å²) in [7, 11) is -3.62. The Morgan fingerprint density at radius 3 is 2.20 bits per heavy atom. The van der Waals surface area contributed by atoms with Crippen LogP contribution in [0.3, 0.4) is 0 Å². The van der Waals surface area contributed by atoms with Crippen LogP contribution in [0, 0.1) is 6.92 Å². The first-order valence-corrected chi connectivity index (χ1v) is 9.24. The highest BCUT2D eigenvalue weighted by molar-refractivity contribution is 7.92. The fourth-order valence-electron chi connectivity index (χ4n) is 2.08. The van der Waals surface area contributed by atoms with E-state index in [4.69, 9.17) is 11.6 Å². The van der Waals surface area contributed by atoms with Gasteiger partial charge in [-0.05, 0) is 49.4 Å². The molecule has 25 heavy (non-hydrogen) atoms. The van der Waals surface area contributed by atoms with Gasteiger partial charge in [0.25, 0.3) is 10.0 Å². The first-order chi connectivity index (χ1) is 11.9. The summed E-state index contributed by atoms with van der Waals surface area (Å²) in [6, 6.07) is 15.0. The van der Waals surface area contributed by atoms with Crippen LogP contribution in [0.5, 0.6) is 0 Å². The normalized spacial score (nSPS) is 11.1. The van der Waals surface area contributed by atoms with Crippen molar-refractivity contribution >= 4 is 38.9 Å². The van der Waals surface area contributed by atoms with Crippen LogP contribution >= 0.6 is 11.6 Å². The van der Waals surface area contributed by atoms with Crippen LogP contribution in [-0.2, 0) is 10.0 Å². The lowest BCUT2D eigenvalue weighted by Gasteiger charge is -2.10. The van der Waals surface area contributed by atoms with Gasteiger partial charge in [-0.2, -0.15) is 0 Å². The van der Waals surface area contributed by atoms with Crippen LogP contribution in [0.1, 0.15) is 5.56 Å². The minimum Gasteiger partial charge on any atom is -0.324 e. The third-order valence-electron chi connectivity index (χ3n) is 3.35. The van der Waals surface area contributed by atoms with Gasteiger partial charge in [0, 0.05) is 17.6 Å². The highest BCUT2D eigenvalue weighted by Gasteiger charge is 2.13. The van der Waals surface area contributed by atoms with E-state index in [9.17, 15) is 8.42 Å². The summed E-state index contributed by atoms with van der Waals surface area (Å²) in [5.41, 5.74) is 2.16. The van der Waals surface area contributed by atoms with Gasteiger partial charge in [-0.3, -0.25) is 4.72 Å². The SMILES string of the molecule is Cc1ccc(S(=O)(=O)Nc2ccc(Nc3nccc(Cl)n3)cc2)cc1. The first kappa shape index (κ1) is 17.2. The largest absolute Gasteiger partial charge is 0.324 e. The molecule has 0 fully saturated rings. The number of aromatic nitrogens is 2. The van der Waals surface area contributed by atoms with Gasteiger partial charge in [-0.1, -0.05) is 29.3 Å². The molecule has 0 radical (unpaired) electrons. The van der Waals surface area contributed by atoms with Gasteiger partial charge in [0.1, 0.15) is 5.15 Å². The van der Waals surface area contributed by atoms with Crippen molar-refractivity contribution in [1.82, 2.24) is 9.97 Å². The number of sulfonamides is 1. The van der Waals surface area contributed by atoms with Gasteiger partial charge in [0.15, 0.2) is 0 Å². The number of rotatable bonds is 5. The summed E-state index contributed by atoms with van der Waals surface area (Å²) >= 11 is 5.81. The summed E-state index contributed by atoms with van der Waals surface area (Å²) in [4.78, 5) is 8.29. The number of hydrogen-bond acceptors (Lipinski definition) is 5. The minimum atomic E-state index is -3.62. The smallest absolute Gasteiger partial charge is 0.261 e. The number of aryl methyl sites for hydroxylation is 1. The number of anilines is 3.